The fourth-order valence-electron chi connectivity index (χ4n) is 2.51. The molecule has 2 rings (SSSR count). The summed E-state index contributed by atoms with van der Waals surface area (Å²) in [7, 11) is 0. The molecule has 0 radical (unpaired) electrons. The number of aliphatic carboxylic acids is 1. The maximum Gasteiger partial charge on any atom is 0.408 e. The predicted octanol–water partition coefficient (Wildman–Crippen LogP) is -1.03. The highest BCUT2D eigenvalue weighted by Gasteiger charge is 2.55. The second-order valence-electron chi connectivity index (χ2n) is 6.43. The molecule has 10 heteroatoms. The van der Waals surface area contributed by atoms with Gasteiger partial charge in [0.1, 0.15) is 35.3 Å². The topological polar surface area (TPSA) is 136 Å². The Morgan fingerprint density at radius 1 is 1.30 bits per heavy atom. The summed E-state index contributed by atoms with van der Waals surface area (Å²) in [4.78, 5) is 36.6. The summed E-state index contributed by atoms with van der Waals surface area (Å²) in [6, 6.07) is -2.57. The van der Waals surface area contributed by atoms with Crippen LogP contribution in [0.4, 0.5) is 4.79 Å². The van der Waals surface area contributed by atoms with E-state index in [1.54, 1.807) is 20.8 Å². The lowest BCUT2D eigenvalue weighted by Crippen LogP contribution is -2.68. The summed E-state index contributed by atoms with van der Waals surface area (Å²) in [5.41, 5.74) is -0.805. The molecule has 0 bridgehead atoms. The molecule has 2 heterocycles. The molecule has 9 nitrogen and oxygen atoms in total. The van der Waals surface area contributed by atoms with Gasteiger partial charge in [-0.15, -0.1) is 11.8 Å². The fraction of sp³-hybridized carbons (Fsp3) is 0.769. The smallest absolute Gasteiger partial charge is 0.408 e. The molecule has 0 unspecified atom stereocenters. The second-order valence-corrected chi connectivity index (χ2v) is 7.58. The summed E-state index contributed by atoms with van der Waals surface area (Å²) in [6.07, 6.45) is -3.85. The molecule has 2 aliphatic rings. The molecule has 0 aliphatic carbocycles. The zero-order chi connectivity index (χ0) is 17.5. The molecule has 0 spiro atoms. The Labute approximate surface area is 137 Å². The Balaban J connectivity index is 2.18. The SMILES string of the molecule is CC(C)(C)OC(=O)N[C@H]1C(=O)N2[C@H](C(=O)O)CS[C@H]2[C@@H](O)[C@@H]1O. The molecule has 0 saturated carbocycles. The van der Waals surface area contributed by atoms with Crippen molar-refractivity contribution in [2.45, 2.75) is 56.0 Å². The van der Waals surface area contributed by atoms with E-state index in [1.165, 1.54) is 0 Å². The number of thioether (sulfide) groups is 1. The van der Waals surface area contributed by atoms with E-state index in [0.29, 0.717) is 0 Å². The van der Waals surface area contributed by atoms with Crippen molar-refractivity contribution < 1.29 is 34.4 Å². The molecule has 2 aliphatic heterocycles. The van der Waals surface area contributed by atoms with Crippen molar-refractivity contribution in [3.8, 4) is 0 Å². The number of hydrogen-bond donors (Lipinski definition) is 4. The molecule has 130 valence electrons. The summed E-state index contributed by atoms with van der Waals surface area (Å²) in [5.74, 6) is -1.85. The van der Waals surface area contributed by atoms with Gasteiger partial charge < -0.3 is 30.3 Å². The second kappa shape index (κ2) is 6.17. The first-order chi connectivity index (χ1) is 10.5. The number of carboxylic acid groups (broad SMARTS) is 1. The van der Waals surface area contributed by atoms with Crippen LogP contribution in [0.2, 0.25) is 0 Å². The molecule has 2 amide bonds. The van der Waals surface area contributed by atoms with Gasteiger partial charge in [-0.3, -0.25) is 4.79 Å². The third kappa shape index (κ3) is 3.54. The van der Waals surface area contributed by atoms with Gasteiger partial charge in [0.05, 0.1) is 0 Å². The first kappa shape index (κ1) is 17.8. The van der Waals surface area contributed by atoms with Crippen LogP contribution in [0.1, 0.15) is 20.8 Å². The molecule has 23 heavy (non-hydrogen) atoms. The van der Waals surface area contributed by atoms with Crippen molar-refractivity contribution in [3.05, 3.63) is 0 Å². The molecular formula is C13H20N2O7S. The van der Waals surface area contributed by atoms with Crippen molar-refractivity contribution in [2.75, 3.05) is 5.75 Å². The average molecular weight is 348 g/mol. The zero-order valence-corrected chi connectivity index (χ0v) is 13.7. The van der Waals surface area contributed by atoms with Gasteiger partial charge >= 0.3 is 12.1 Å². The van der Waals surface area contributed by atoms with Gasteiger partial charge in [-0.1, -0.05) is 0 Å². The number of ether oxygens (including phenoxy) is 1. The number of nitrogens with one attached hydrogen (secondary N) is 1. The molecule has 2 saturated heterocycles. The minimum Gasteiger partial charge on any atom is -0.480 e. The number of carbonyl (C=O) groups excluding carboxylic acids is 2. The van der Waals surface area contributed by atoms with E-state index in [2.05, 4.69) is 5.32 Å². The lowest BCUT2D eigenvalue weighted by Gasteiger charge is -2.42. The van der Waals surface area contributed by atoms with Crippen LogP contribution in [0.5, 0.6) is 0 Å². The third-order valence-electron chi connectivity index (χ3n) is 3.50. The Kier molecular flexibility index (Phi) is 4.79. The molecule has 0 aromatic heterocycles. The Hall–Kier alpha value is -1.52. The summed E-state index contributed by atoms with van der Waals surface area (Å²) in [6.45, 7) is 4.90. The number of aliphatic hydroxyl groups excluding tert-OH is 2. The number of carboxylic acids is 1. The number of amides is 2. The number of rotatable bonds is 2. The van der Waals surface area contributed by atoms with Gasteiger partial charge in [0.25, 0.3) is 0 Å². The van der Waals surface area contributed by atoms with E-state index in [-0.39, 0.29) is 5.75 Å². The lowest BCUT2D eigenvalue weighted by atomic mass is 9.97. The van der Waals surface area contributed by atoms with Gasteiger partial charge in [-0.2, -0.15) is 0 Å². The third-order valence-corrected chi connectivity index (χ3v) is 4.85. The van der Waals surface area contributed by atoms with Crippen LogP contribution in [-0.4, -0.2) is 79.2 Å². The predicted molar refractivity (Wildman–Crippen MR) is 79.7 cm³/mol. The van der Waals surface area contributed by atoms with Gasteiger partial charge in [0, 0.05) is 5.75 Å². The maximum atomic E-state index is 12.5. The number of aliphatic hydroxyl groups is 2. The Morgan fingerprint density at radius 2 is 1.91 bits per heavy atom. The average Bonchev–Trinajstić information content (AvgIpc) is 2.84. The number of fused-ring (bicyclic) bond motifs is 1. The largest absolute Gasteiger partial charge is 0.480 e. The normalized spacial score (nSPS) is 34.0. The Bertz CT molecular complexity index is 521. The monoisotopic (exact) mass is 348 g/mol. The van der Waals surface area contributed by atoms with Crippen molar-refractivity contribution in [2.24, 2.45) is 0 Å². The number of alkyl carbamates (subject to hydrolysis) is 1. The van der Waals surface area contributed by atoms with Crippen molar-refractivity contribution in [1.29, 1.82) is 0 Å². The maximum absolute atomic E-state index is 12.5. The molecular weight excluding hydrogens is 328 g/mol. The van der Waals surface area contributed by atoms with E-state index < -0.39 is 53.2 Å². The van der Waals surface area contributed by atoms with Gasteiger partial charge in [-0.25, -0.2) is 9.59 Å². The van der Waals surface area contributed by atoms with E-state index in [9.17, 15) is 29.7 Å². The molecule has 4 N–H and O–H groups in total. The highest BCUT2D eigenvalue weighted by Crippen LogP contribution is 2.37. The summed E-state index contributed by atoms with van der Waals surface area (Å²) >= 11 is 1.08. The quantitative estimate of drug-likeness (QED) is 0.497. The van der Waals surface area contributed by atoms with Crippen LogP contribution in [0.3, 0.4) is 0 Å². The first-order valence-electron chi connectivity index (χ1n) is 7.05. The van der Waals surface area contributed by atoms with E-state index in [0.717, 1.165) is 16.7 Å². The lowest BCUT2D eigenvalue weighted by molar-refractivity contribution is -0.162. The molecule has 5 atom stereocenters. The number of carbonyl (C=O) groups is 3. The minimum atomic E-state index is -1.55. The van der Waals surface area contributed by atoms with Crippen LogP contribution in [0, 0.1) is 0 Å². The minimum absolute atomic E-state index is 0.106. The van der Waals surface area contributed by atoms with Crippen molar-refractivity contribution in [1.82, 2.24) is 10.2 Å². The molecule has 2 fully saturated rings. The fourth-order valence-corrected chi connectivity index (χ4v) is 3.97. The van der Waals surface area contributed by atoms with Crippen LogP contribution < -0.4 is 5.32 Å². The molecule has 0 aromatic carbocycles. The van der Waals surface area contributed by atoms with Gasteiger partial charge in [0.15, 0.2) is 0 Å². The van der Waals surface area contributed by atoms with Crippen molar-refractivity contribution >= 4 is 29.7 Å². The highest BCUT2D eigenvalue weighted by molar-refractivity contribution is 8.00. The van der Waals surface area contributed by atoms with Crippen LogP contribution >= 0.6 is 11.8 Å². The summed E-state index contributed by atoms with van der Waals surface area (Å²) < 4.78 is 5.02. The van der Waals surface area contributed by atoms with E-state index in [1.807, 2.05) is 0 Å². The zero-order valence-electron chi connectivity index (χ0n) is 12.9. The molecule has 0 aromatic rings. The van der Waals surface area contributed by atoms with Gasteiger partial charge in [-0.05, 0) is 20.8 Å². The van der Waals surface area contributed by atoms with E-state index in [4.69, 9.17) is 4.74 Å². The number of hydrogen-bond acceptors (Lipinski definition) is 7. The summed E-state index contributed by atoms with van der Waals surface area (Å²) in [5, 5.41) is 30.8. The highest BCUT2D eigenvalue weighted by atomic mass is 32.2. The standard InChI is InChI=1S/C13H20N2O7S/c1-13(2,3)22-12(21)14-6-7(16)8(17)10-15(9(6)18)5(4-23-10)11(19)20/h5-8,10,16-17H,4H2,1-3H3,(H,14,21)(H,19,20)/t5-,6+,7+,8-,10-/m0/s1. The van der Waals surface area contributed by atoms with Crippen molar-refractivity contribution in [3.63, 3.8) is 0 Å². The first-order valence-corrected chi connectivity index (χ1v) is 8.10. The number of piperidine rings is 1. The van der Waals surface area contributed by atoms with E-state index >= 15 is 0 Å². The van der Waals surface area contributed by atoms with Crippen LogP contribution in [0.15, 0.2) is 0 Å². The van der Waals surface area contributed by atoms with Crippen LogP contribution in [-0.2, 0) is 14.3 Å². The Morgan fingerprint density at radius 3 is 2.43 bits per heavy atom. The van der Waals surface area contributed by atoms with Crippen LogP contribution in [0.25, 0.3) is 0 Å². The number of nitrogens with zero attached hydrogens (tertiary/aromatic N) is 1. The van der Waals surface area contributed by atoms with Gasteiger partial charge in [0.2, 0.25) is 5.91 Å².